The van der Waals surface area contributed by atoms with Gasteiger partial charge in [-0.1, -0.05) is 42.1 Å². The summed E-state index contributed by atoms with van der Waals surface area (Å²) in [5, 5.41) is 5.50. The molecule has 0 atom stereocenters. The maximum absolute atomic E-state index is 12.3. The maximum atomic E-state index is 12.3. The number of urea groups is 1. The van der Waals surface area contributed by atoms with Crippen LogP contribution in [0.4, 0.5) is 4.79 Å². The second-order valence-corrected chi connectivity index (χ2v) is 9.17. The van der Waals surface area contributed by atoms with Gasteiger partial charge in [0.25, 0.3) is 5.78 Å². The van der Waals surface area contributed by atoms with Crippen molar-refractivity contribution in [3.05, 3.63) is 59.8 Å². The lowest BCUT2D eigenvalue weighted by molar-refractivity contribution is 0.197. The first-order chi connectivity index (χ1) is 16.0. The van der Waals surface area contributed by atoms with Gasteiger partial charge in [-0.05, 0) is 19.9 Å². The maximum Gasteiger partial charge on any atom is 0.319 e. The van der Waals surface area contributed by atoms with Gasteiger partial charge in [-0.2, -0.15) is 4.98 Å². The van der Waals surface area contributed by atoms with Gasteiger partial charge in [-0.25, -0.2) is 19.3 Å². The van der Waals surface area contributed by atoms with E-state index >= 15 is 0 Å². The molecule has 0 N–H and O–H groups in total. The number of benzene rings is 1. The fourth-order valence-electron chi connectivity index (χ4n) is 3.96. The van der Waals surface area contributed by atoms with E-state index in [4.69, 9.17) is 4.98 Å². The number of imidazole rings is 1. The third kappa shape index (κ3) is 4.43. The molecule has 10 heteroatoms. The zero-order valence-electron chi connectivity index (χ0n) is 19.0. The van der Waals surface area contributed by atoms with E-state index in [1.165, 1.54) is 0 Å². The number of carbonyl (C=O) groups is 1. The molecule has 0 radical (unpaired) electrons. The molecule has 1 fully saturated rings. The van der Waals surface area contributed by atoms with Crippen LogP contribution in [0.3, 0.4) is 0 Å². The van der Waals surface area contributed by atoms with Crippen molar-refractivity contribution in [2.24, 2.45) is 0 Å². The van der Waals surface area contributed by atoms with Crippen molar-refractivity contribution in [3.63, 3.8) is 0 Å². The van der Waals surface area contributed by atoms with Crippen molar-refractivity contribution >= 4 is 23.6 Å². The molecule has 0 spiro atoms. The highest BCUT2D eigenvalue weighted by atomic mass is 32.2. The minimum absolute atomic E-state index is 0.0830. The minimum Gasteiger partial charge on any atom is -0.326 e. The fraction of sp³-hybridized carbons (Fsp3) is 0.348. The number of hydrogen-bond donors (Lipinski definition) is 0. The molecule has 0 aliphatic carbocycles. The molecule has 3 aromatic heterocycles. The summed E-state index contributed by atoms with van der Waals surface area (Å²) < 4.78 is 3.91. The lowest BCUT2D eigenvalue weighted by Gasteiger charge is -2.16. The Kier molecular flexibility index (Phi) is 5.76. The molecule has 5 rings (SSSR count). The number of hydrogen-bond acceptors (Lipinski definition) is 6. The fourth-order valence-corrected chi connectivity index (χ4v) is 4.81. The molecule has 0 saturated carbocycles. The summed E-state index contributed by atoms with van der Waals surface area (Å²) in [6.45, 7) is 6.82. The standard InChI is InChI=1S/C23H26N8OS/c1-16-13-17(2)31-21(24-16)26-20(27-31)15-33-22-25-19(18-7-5-4-6-8-18)14-30(22)12-11-29-10-9-28(3)23(29)32/h4-8,13-14H,9-12,15H2,1-3H3. The molecule has 33 heavy (non-hydrogen) atoms. The van der Waals surface area contributed by atoms with E-state index in [-0.39, 0.29) is 6.03 Å². The van der Waals surface area contributed by atoms with E-state index in [0.717, 1.165) is 40.9 Å². The third-order valence-corrected chi connectivity index (χ3v) is 6.70. The number of carbonyl (C=O) groups excluding carboxylic acids is 1. The van der Waals surface area contributed by atoms with E-state index in [9.17, 15) is 4.79 Å². The molecular weight excluding hydrogens is 436 g/mol. The Morgan fingerprint density at radius 2 is 1.85 bits per heavy atom. The Hall–Kier alpha value is -3.40. The van der Waals surface area contributed by atoms with E-state index in [0.29, 0.717) is 30.4 Å². The smallest absolute Gasteiger partial charge is 0.319 e. The van der Waals surface area contributed by atoms with E-state index < -0.39 is 0 Å². The minimum atomic E-state index is 0.0830. The van der Waals surface area contributed by atoms with Gasteiger partial charge in [-0.3, -0.25) is 0 Å². The molecule has 4 aromatic rings. The van der Waals surface area contributed by atoms with Crippen LogP contribution >= 0.6 is 11.8 Å². The Balaban J connectivity index is 1.37. The Morgan fingerprint density at radius 3 is 2.61 bits per heavy atom. The molecule has 170 valence electrons. The van der Waals surface area contributed by atoms with Crippen molar-refractivity contribution in [1.29, 1.82) is 0 Å². The van der Waals surface area contributed by atoms with Gasteiger partial charge >= 0.3 is 6.03 Å². The summed E-state index contributed by atoms with van der Waals surface area (Å²) in [4.78, 5) is 29.9. The zero-order chi connectivity index (χ0) is 22.9. The normalized spacial score (nSPS) is 14.1. The lowest BCUT2D eigenvalue weighted by Crippen LogP contribution is -2.32. The van der Waals surface area contributed by atoms with Gasteiger partial charge in [0.15, 0.2) is 11.0 Å². The first kappa shape index (κ1) is 21.4. The van der Waals surface area contributed by atoms with Gasteiger partial charge in [0.05, 0.1) is 11.4 Å². The van der Waals surface area contributed by atoms with Crippen LogP contribution in [-0.4, -0.2) is 71.6 Å². The van der Waals surface area contributed by atoms with Crippen LogP contribution in [0.2, 0.25) is 0 Å². The number of aromatic nitrogens is 6. The van der Waals surface area contributed by atoms with Crippen LogP contribution in [0, 0.1) is 13.8 Å². The molecule has 4 heterocycles. The van der Waals surface area contributed by atoms with Crippen molar-refractivity contribution in [2.45, 2.75) is 31.3 Å². The number of nitrogens with zero attached hydrogens (tertiary/aromatic N) is 8. The SMILES string of the molecule is Cc1cc(C)n2nc(CSc3nc(-c4ccccc4)cn3CCN3CCN(C)C3=O)nc2n1. The molecule has 0 bridgehead atoms. The second-order valence-electron chi connectivity index (χ2n) is 8.23. The average Bonchev–Trinajstić information content (AvgIpc) is 3.49. The summed E-state index contributed by atoms with van der Waals surface area (Å²) in [6.07, 6.45) is 2.06. The predicted octanol–water partition coefficient (Wildman–Crippen LogP) is 3.26. The zero-order valence-corrected chi connectivity index (χ0v) is 19.8. The Morgan fingerprint density at radius 1 is 1.03 bits per heavy atom. The Bertz CT molecular complexity index is 1300. The number of rotatable bonds is 7. The molecular formula is C23H26N8OS. The topological polar surface area (TPSA) is 84.5 Å². The van der Waals surface area contributed by atoms with Crippen molar-refractivity contribution in [2.75, 3.05) is 26.7 Å². The van der Waals surface area contributed by atoms with Gasteiger partial charge < -0.3 is 14.4 Å². The first-order valence-corrected chi connectivity index (χ1v) is 11.9. The quantitative estimate of drug-likeness (QED) is 0.392. The first-order valence-electron chi connectivity index (χ1n) is 10.9. The lowest BCUT2D eigenvalue weighted by atomic mass is 10.2. The highest BCUT2D eigenvalue weighted by Gasteiger charge is 2.25. The Labute approximate surface area is 196 Å². The van der Waals surface area contributed by atoms with Gasteiger partial charge in [0, 0.05) is 56.4 Å². The van der Waals surface area contributed by atoms with Crippen LogP contribution in [0.15, 0.2) is 47.8 Å². The van der Waals surface area contributed by atoms with Crippen LogP contribution < -0.4 is 0 Å². The molecule has 1 aliphatic rings. The molecule has 1 aromatic carbocycles. The van der Waals surface area contributed by atoms with Gasteiger partial charge in [0.1, 0.15) is 0 Å². The van der Waals surface area contributed by atoms with E-state index in [2.05, 4.69) is 38.0 Å². The highest BCUT2D eigenvalue weighted by molar-refractivity contribution is 7.98. The monoisotopic (exact) mass is 462 g/mol. The van der Waals surface area contributed by atoms with Crippen molar-refractivity contribution in [3.8, 4) is 11.3 Å². The summed E-state index contributed by atoms with van der Waals surface area (Å²) in [6, 6.07) is 12.2. The van der Waals surface area contributed by atoms with Crippen LogP contribution in [0.5, 0.6) is 0 Å². The third-order valence-electron chi connectivity index (χ3n) is 5.72. The van der Waals surface area contributed by atoms with Crippen molar-refractivity contribution < 1.29 is 4.79 Å². The average molecular weight is 463 g/mol. The number of thioether (sulfide) groups is 1. The summed E-state index contributed by atoms with van der Waals surface area (Å²) >= 11 is 1.60. The molecule has 1 aliphatic heterocycles. The van der Waals surface area contributed by atoms with Gasteiger partial charge in [0.2, 0.25) is 0 Å². The molecule has 0 unspecified atom stereocenters. The van der Waals surface area contributed by atoms with Crippen molar-refractivity contribution in [1.82, 2.24) is 38.9 Å². The van der Waals surface area contributed by atoms with Crippen LogP contribution in [0.1, 0.15) is 17.2 Å². The predicted molar refractivity (Wildman–Crippen MR) is 127 cm³/mol. The molecule has 2 amide bonds. The number of aryl methyl sites for hydroxylation is 2. The summed E-state index contributed by atoms with van der Waals surface area (Å²) in [7, 11) is 1.84. The largest absolute Gasteiger partial charge is 0.326 e. The van der Waals surface area contributed by atoms with E-state index in [1.807, 2.05) is 50.1 Å². The second kappa shape index (κ2) is 8.86. The van der Waals surface area contributed by atoms with Crippen LogP contribution in [-0.2, 0) is 12.3 Å². The summed E-state index contributed by atoms with van der Waals surface area (Å²) in [5.74, 6) is 1.92. The number of fused-ring (bicyclic) bond motifs is 1. The molecule has 1 saturated heterocycles. The van der Waals surface area contributed by atoms with E-state index in [1.54, 1.807) is 21.2 Å². The highest BCUT2D eigenvalue weighted by Crippen LogP contribution is 2.26. The molecule has 9 nitrogen and oxygen atoms in total. The number of amides is 2. The van der Waals surface area contributed by atoms with Crippen LogP contribution in [0.25, 0.3) is 17.0 Å². The summed E-state index contributed by atoms with van der Waals surface area (Å²) in [5.41, 5.74) is 3.92. The number of likely N-dealkylation sites (N-methyl/N-ethyl adjacent to an activating group) is 1. The van der Waals surface area contributed by atoms with Gasteiger partial charge in [-0.15, -0.1) is 5.10 Å².